The molecule has 3 heterocycles. The van der Waals surface area contributed by atoms with Gasteiger partial charge in [-0.15, -0.1) is 0 Å². The minimum Gasteiger partial charge on any atom is -0.393 e. The number of hydrogen-bond donors (Lipinski definition) is 2. The Morgan fingerprint density at radius 2 is 2.27 bits per heavy atom. The summed E-state index contributed by atoms with van der Waals surface area (Å²) >= 11 is 5.79. The maximum Gasteiger partial charge on any atom is 0.321 e. The number of halogens is 2. The second-order valence-corrected chi connectivity index (χ2v) is 7.82. The van der Waals surface area contributed by atoms with Crippen LogP contribution in [0.25, 0.3) is 0 Å². The fraction of sp³-hybridized carbons (Fsp3) is 0.389. The number of aliphatic hydroxyl groups is 1. The first kappa shape index (κ1) is 20.6. The maximum absolute atomic E-state index is 13.4. The number of fused-ring (bicyclic) bond motifs is 3. The van der Waals surface area contributed by atoms with Crippen molar-refractivity contribution < 1.29 is 23.9 Å². The molecule has 12 heteroatoms. The van der Waals surface area contributed by atoms with Crippen LogP contribution in [0, 0.1) is 5.82 Å². The first-order chi connectivity index (χ1) is 14.3. The van der Waals surface area contributed by atoms with E-state index in [-0.39, 0.29) is 36.6 Å². The van der Waals surface area contributed by atoms with Gasteiger partial charge in [0.05, 0.1) is 30.4 Å². The molecule has 0 fully saturated rings. The van der Waals surface area contributed by atoms with Gasteiger partial charge in [-0.25, -0.2) is 14.2 Å². The Labute approximate surface area is 177 Å². The van der Waals surface area contributed by atoms with E-state index < -0.39 is 18.0 Å². The van der Waals surface area contributed by atoms with Gasteiger partial charge in [-0.3, -0.25) is 14.3 Å². The van der Waals surface area contributed by atoms with E-state index in [0.29, 0.717) is 23.4 Å². The number of carbonyl (C=O) groups is 2. The smallest absolute Gasteiger partial charge is 0.321 e. The quantitative estimate of drug-likeness (QED) is 0.673. The van der Waals surface area contributed by atoms with Gasteiger partial charge in [0.15, 0.2) is 0 Å². The number of rotatable bonds is 2. The number of hydroxylamine groups is 2. The first-order valence-electron chi connectivity index (χ1n) is 9.45. The van der Waals surface area contributed by atoms with Crippen LogP contribution in [0.5, 0.6) is 0 Å². The maximum atomic E-state index is 13.4. The number of carbonyl (C=O) groups excluding carboxylic acids is 2. The number of nitrogens with one attached hydrogen (secondary N) is 1. The number of amides is 3. The second kappa shape index (κ2) is 7.90. The van der Waals surface area contributed by atoms with E-state index in [1.54, 1.807) is 9.58 Å². The fourth-order valence-corrected chi connectivity index (χ4v) is 3.93. The first-order valence-corrected chi connectivity index (χ1v) is 9.83. The zero-order valence-corrected chi connectivity index (χ0v) is 17.2. The zero-order valence-electron chi connectivity index (χ0n) is 16.4. The highest BCUT2D eigenvalue weighted by Crippen LogP contribution is 2.29. The van der Waals surface area contributed by atoms with Crippen molar-refractivity contribution in [3.63, 3.8) is 0 Å². The van der Waals surface area contributed by atoms with Crippen molar-refractivity contribution >= 4 is 37.1 Å². The molecule has 0 saturated heterocycles. The molecule has 2 atom stereocenters. The summed E-state index contributed by atoms with van der Waals surface area (Å²) < 4.78 is 14.9. The van der Waals surface area contributed by atoms with Crippen LogP contribution in [0.15, 0.2) is 18.2 Å². The number of anilines is 1. The van der Waals surface area contributed by atoms with Crippen molar-refractivity contribution in [2.45, 2.75) is 31.6 Å². The Morgan fingerprint density at radius 1 is 1.50 bits per heavy atom. The summed E-state index contributed by atoms with van der Waals surface area (Å²) in [6, 6.07) is 3.55. The van der Waals surface area contributed by atoms with Crippen LogP contribution in [0.1, 0.15) is 21.7 Å². The lowest BCUT2D eigenvalue weighted by Crippen LogP contribution is -2.47. The van der Waals surface area contributed by atoms with E-state index in [1.165, 1.54) is 25.2 Å². The predicted molar refractivity (Wildman–Crippen MR) is 108 cm³/mol. The molecule has 0 aliphatic carbocycles. The molecule has 1 aromatic carbocycles. The Hall–Kier alpha value is -2.63. The average Bonchev–Trinajstić information content (AvgIpc) is 2.99. The number of aliphatic hydroxyl groups excluding tert-OH is 1. The Kier molecular flexibility index (Phi) is 5.43. The van der Waals surface area contributed by atoms with Gasteiger partial charge in [-0.2, -0.15) is 5.10 Å². The number of nitrogens with zero attached hydrogens (tertiary/aromatic N) is 4. The van der Waals surface area contributed by atoms with E-state index in [9.17, 15) is 19.1 Å². The molecule has 0 unspecified atom stereocenters. The normalized spacial score (nSPS) is 21.1. The van der Waals surface area contributed by atoms with Crippen molar-refractivity contribution in [3.05, 3.63) is 46.0 Å². The van der Waals surface area contributed by atoms with E-state index in [4.69, 9.17) is 16.4 Å². The summed E-state index contributed by atoms with van der Waals surface area (Å²) in [5.41, 5.74) is 2.11. The molecule has 158 valence electrons. The molecule has 2 aromatic rings. The van der Waals surface area contributed by atoms with Crippen LogP contribution in [-0.2, 0) is 24.3 Å². The molecule has 0 bridgehead atoms. The van der Waals surface area contributed by atoms with Crippen LogP contribution >= 0.6 is 11.6 Å². The standard InChI is InChI=1S/C18H20BClFN5O4/c1-24-17(28)16-11-7-25(18(29)22-9-2-3-13(21)12(20)4-9)15(19)5-14(11)23-26(16)6-10(8-27)30-24/h2-4,10,15,27H,5-8,19H2,1H3,(H,22,29)/t10-,15-/m0/s1. The van der Waals surface area contributed by atoms with Crippen LogP contribution in [0.3, 0.4) is 0 Å². The molecule has 9 nitrogen and oxygen atoms in total. The molecule has 0 saturated carbocycles. The van der Waals surface area contributed by atoms with E-state index >= 15 is 0 Å². The summed E-state index contributed by atoms with van der Waals surface area (Å²) in [5.74, 6) is -1.13. The fourth-order valence-electron chi connectivity index (χ4n) is 3.75. The Bertz CT molecular complexity index is 1020. The molecule has 0 radical (unpaired) electrons. The zero-order chi connectivity index (χ0) is 21.6. The van der Waals surface area contributed by atoms with Crippen molar-refractivity contribution in [2.24, 2.45) is 0 Å². The highest BCUT2D eigenvalue weighted by molar-refractivity contribution is 6.31. The topological polar surface area (TPSA) is 99.9 Å². The molecule has 3 amide bonds. The van der Waals surface area contributed by atoms with Crippen molar-refractivity contribution in [1.82, 2.24) is 19.7 Å². The number of aromatic nitrogens is 2. The van der Waals surface area contributed by atoms with Gasteiger partial charge in [0, 0.05) is 30.7 Å². The minimum absolute atomic E-state index is 0.0872. The third-order valence-corrected chi connectivity index (χ3v) is 5.58. The Balaban J connectivity index is 1.61. The number of urea groups is 1. The lowest BCUT2D eigenvalue weighted by Gasteiger charge is -2.33. The molecular weight excluding hydrogens is 415 g/mol. The van der Waals surface area contributed by atoms with E-state index in [2.05, 4.69) is 10.4 Å². The third kappa shape index (κ3) is 3.64. The predicted octanol–water partition coefficient (Wildman–Crippen LogP) is 0.603. The molecule has 30 heavy (non-hydrogen) atoms. The second-order valence-electron chi connectivity index (χ2n) is 7.41. The van der Waals surface area contributed by atoms with Gasteiger partial charge >= 0.3 is 6.03 Å². The van der Waals surface area contributed by atoms with Crippen molar-refractivity contribution in [2.75, 3.05) is 19.0 Å². The average molecular weight is 436 g/mol. The van der Waals surface area contributed by atoms with Crippen LogP contribution in [0.2, 0.25) is 5.02 Å². The molecule has 2 aliphatic rings. The highest BCUT2D eigenvalue weighted by Gasteiger charge is 2.37. The van der Waals surface area contributed by atoms with Crippen LogP contribution < -0.4 is 5.32 Å². The summed E-state index contributed by atoms with van der Waals surface area (Å²) in [7, 11) is 3.37. The highest BCUT2D eigenvalue weighted by atomic mass is 35.5. The van der Waals surface area contributed by atoms with Gasteiger partial charge in [-0.1, -0.05) is 11.6 Å². The lowest BCUT2D eigenvalue weighted by molar-refractivity contribution is -0.159. The molecule has 1 aromatic heterocycles. The third-order valence-electron chi connectivity index (χ3n) is 5.29. The van der Waals surface area contributed by atoms with Gasteiger partial charge < -0.3 is 15.3 Å². The van der Waals surface area contributed by atoms with Crippen LogP contribution in [-0.4, -0.2) is 70.3 Å². The Morgan fingerprint density at radius 3 is 2.97 bits per heavy atom. The van der Waals surface area contributed by atoms with E-state index in [1.807, 2.05) is 7.85 Å². The van der Waals surface area contributed by atoms with Gasteiger partial charge in [0.25, 0.3) is 5.91 Å². The van der Waals surface area contributed by atoms with Crippen molar-refractivity contribution in [1.29, 1.82) is 0 Å². The molecule has 0 spiro atoms. The molecule has 2 aliphatic heterocycles. The SMILES string of the molecule is B[C@@H]1Cc2nn3c(c2CN1C(=O)Nc1ccc(F)c(Cl)c1)C(=O)N(C)O[C@H](CO)C3. The summed E-state index contributed by atoms with van der Waals surface area (Å²) in [4.78, 5) is 32.7. The molecule has 2 N–H and O–H groups in total. The number of benzene rings is 1. The van der Waals surface area contributed by atoms with Gasteiger partial charge in [-0.05, 0) is 18.2 Å². The summed E-state index contributed by atoms with van der Waals surface area (Å²) in [5, 5.41) is 17.7. The number of hydrogen-bond acceptors (Lipinski definition) is 5. The summed E-state index contributed by atoms with van der Waals surface area (Å²) in [6.07, 6.45) is -0.129. The molecular formula is C18H20BClFN5O4. The monoisotopic (exact) mass is 435 g/mol. The largest absolute Gasteiger partial charge is 0.393 e. The lowest BCUT2D eigenvalue weighted by atomic mass is 9.85. The van der Waals surface area contributed by atoms with Crippen LogP contribution in [0.4, 0.5) is 14.9 Å². The van der Waals surface area contributed by atoms with Crippen molar-refractivity contribution in [3.8, 4) is 0 Å². The van der Waals surface area contributed by atoms with Gasteiger partial charge in [0.2, 0.25) is 0 Å². The van der Waals surface area contributed by atoms with E-state index in [0.717, 1.165) is 10.8 Å². The minimum atomic E-state index is -0.596. The van der Waals surface area contributed by atoms with Gasteiger partial charge in [0.1, 0.15) is 25.5 Å². The summed E-state index contributed by atoms with van der Waals surface area (Å²) in [6.45, 7) is 0.145. The molecule has 4 rings (SSSR count).